The summed E-state index contributed by atoms with van der Waals surface area (Å²) in [5, 5.41) is 1.93. The van der Waals surface area contributed by atoms with Crippen LogP contribution in [0.1, 0.15) is 6.42 Å². The molecule has 1 aliphatic rings. The van der Waals surface area contributed by atoms with Crippen LogP contribution in [-0.4, -0.2) is 0 Å². The zero-order valence-corrected chi connectivity index (χ0v) is 4.65. The summed E-state index contributed by atoms with van der Waals surface area (Å²) < 4.78 is 4.84. The van der Waals surface area contributed by atoms with Gasteiger partial charge >= 0.3 is 0 Å². The Morgan fingerprint density at radius 3 is 3.43 bits per heavy atom. The maximum atomic E-state index is 4.84. The monoisotopic (exact) mass is 114 g/mol. The van der Waals surface area contributed by atoms with Crippen LogP contribution in [0.25, 0.3) is 0 Å². The fourth-order valence-electron chi connectivity index (χ4n) is 0.332. The van der Waals surface area contributed by atoms with Crippen molar-refractivity contribution in [3.63, 3.8) is 0 Å². The Bertz CT molecular complexity index is 84.3. The quantitative estimate of drug-likeness (QED) is 0.446. The van der Waals surface area contributed by atoms with Gasteiger partial charge in [-0.15, -0.1) is 0 Å². The van der Waals surface area contributed by atoms with Gasteiger partial charge in [-0.3, -0.25) is 0 Å². The third kappa shape index (κ3) is 1.69. The molecule has 0 N–H and O–H groups in total. The highest BCUT2D eigenvalue weighted by Gasteiger charge is 1.80. The highest BCUT2D eigenvalue weighted by Crippen LogP contribution is 2.08. The minimum absolute atomic E-state index is 0.993. The highest BCUT2D eigenvalue weighted by molar-refractivity contribution is 7.97. The normalized spacial score (nSPS) is 18.3. The molecule has 0 saturated heterocycles. The van der Waals surface area contributed by atoms with Gasteiger partial charge in [0, 0.05) is 5.41 Å². The number of hydrogen-bond donors (Lipinski definition) is 0. The minimum Gasteiger partial charge on any atom is -0.429 e. The van der Waals surface area contributed by atoms with Crippen molar-refractivity contribution in [3.8, 4) is 0 Å². The predicted octanol–water partition coefficient (Wildman–Crippen LogP) is 2.08. The van der Waals surface area contributed by atoms with Crippen LogP contribution in [0, 0.1) is 0 Å². The van der Waals surface area contributed by atoms with Crippen molar-refractivity contribution in [2.75, 3.05) is 0 Å². The van der Waals surface area contributed by atoms with Crippen LogP contribution in [0.2, 0.25) is 0 Å². The van der Waals surface area contributed by atoms with E-state index < -0.39 is 0 Å². The van der Waals surface area contributed by atoms with Gasteiger partial charge in [0.25, 0.3) is 0 Å². The Balaban J connectivity index is 2.38. The largest absolute Gasteiger partial charge is 0.429 e. The molecule has 0 saturated carbocycles. The lowest BCUT2D eigenvalue weighted by Gasteiger charge is -1.83. The standard InChI is InChI=1S/C5H6OS/c1-2-4-6-7-5-3-1/h2-5H,1H2. The van der Waals surface area contributed by atoms with Crippen LogP contribution >= 0.6 is 12.0 Å². The van der Waals surface area contributed by atoms with Crippen LogP contribution in [0.5, 0.6) is 0 Å². The molecule has 1 rings (SSSR count). The number of hydrogen-bond acceptors (Lipinski definition) is 2. The van der Waals surface area contributed by atoms with Gasteiger partial charge in [0.2, 0.25) is 0 Å². The number of rotatable bonds is 0. The first-order valence-electron chi connectivity index (χ1n) is 2.12. The van der Waals surface area contributed by atoms with Crippen LogP contribution in [-0.2, 0) is 4.18 Å². The van der Waals surface area contributed by atoms with Gasteiger partial charge < -0.3 is 4.18 Å². The molecule has 0 aromatic heterocycles. The second kappa shape index (κ2) is 2.75. The lowest BCUT2D eigenvalue weighted by atomic mass is 10.4. The summed E-state index contributed by atoms with van der Waals surface area (Å²) in [7, 11) is 0. The average Bonchev–Trinajstić information content (AvgIpc) is 1.90. The molecule has 1 aliphatic heterocycles. The van der Waals surface area contributed by atoms with Gasteiger partial charge in [-0.2, -0.15) is 0 Å². The molecule has 0 bridgehead atoms. The van der Waals surface area contributed by atoms with Crippen LogP contribution in [0.3, 0.4) is 0 Å². The molecule has 0 atom stereocenters. The maximum absolute atomic E-state index is 4.84. The van der Waals surface area contributed by atoms with E-state index in [0.29, 0.717) is 0 Å². The molecular formula is C5H6OS. The molecule has 0 aromatic rings. The number of allylic oxidation sites excluding steroid dienone is 2. The molecule has 0 aromatic carbocycles. The zero-order chi connectivity index (χ0) is 4.95. The molecule has 0 amide bonds. The van der Waals surface area contributed by atoms with E-state index in [1.165, 1.54) is 12.0 Å². The van der Waals surface area contributed by atoms with Crippen molar-refractivity contribution in [1.29, 1.82) is 0 Å². The summed E-state index contributed by atoms with van der Waals surface area (Å²) in [6.45, 7) is 0. The SMILES string of the molecule is C1=COSC=CC1. The summed E-state index contributed by atoms with van der Waals surface area (Å²) in [6.07, 6.45) is 6.71. The van der Waals surface area contributed by atoms with Crippen LogP contribution in [0.15, 0.2) is 23.8 Å². The first-order valence-corrected chi connectivity index (χ1v) is 2.93. The average molecular weight is 114 g/mol. The van der Waals surface area contributed by atoms with E-state index in [1.54, 1.807) is 6.26 Å². The van der Waals surface area contributed by atoms with Gasteiger partial charge in [0.05, 0.1) is 18.3 Å². The third-order valence-corrected chi connectivity index (χ3v) is 1.16. The molecule has 0 aliphatic carbocycles. The molecule has 1 heterocycles. The Morgan fingerprint density at radius 2 is 2.43 bits per heavy atom. The Hall–Kier alpha value is -0.370. The van der Waals surface area contributed by atoms with Crippen LogP contribution < -0.4 is 0 Å². The first-order chi connectivity index (χ1) is 3.50. The van der Waals surface area contributed by atoms with Crippen molar-refractivity contribution in [2.24, 2.45) is 0 Å². The molecule has 0 unspecified atom stereocenters. The molecule has 1 nitrogen and oxygen atoms in total. The zero-order valence-electron chi connectivity index (χ0n) is 3.83. The summed E-state index contributed by atoms with van der Waals surface area (Å²) in [5.41, 5.74) is 0. The molecule has 38 valence electrons. The van der Waals surface area contributed by atoms with Crippen molar-refractivity contribution in [3.05, 3.63) is 23.8 Å². The van der Waals surface area contributed by atoms with E-state index >= 15 is 0 Å². The fraction of sp³-hybridized carbons (Fsp3) is 0.200. The van der Waals surface area contributed by atoms with Gasteiger partial charge in [0.15, 0.2) is 0 Å². The second-order valence-corrected chi connectivity index (χ2v) is 1.83. The van der Waals surface area contributed by atoms with E-state index in [0.717, 1.165) is 6.42 Å². The lowest BCUT2D eigenvalue weighted by molar-refractivity contribution is 0.570. The lowest BCUT2D eigenvalue weighted by Crippen LogP contribution is -1.53. The fourth-order valence-corrected chi connectivity index (χ4v) is 0.729. The van der Waals surface area contributed by atoms with E-state index in [9.17, 15) is 0 Å². The van der Waals surface area contributed by atoms with Crippen molar-refractivity contribution in [1.82, 2.24) is 0 Å². The van der Waals surface area contributed by atoms with E-state index in [-0.39, 0.29) is 0 Å². The maximum Gasteiger partial charge on any atom is 0.0978 e. The Kier molecular flexibility index (Phi) is 1.88. The van der Waals surface area contributed by atoms with Gasteiger partial charge in [-0.1, -0.05) is 6.08 Å². The molecule has 0 fully saturated rings. The summed E-state index contributed by atoms with van der Waals surface area (Å²) >= 11 is 1.35. The third-order valence-electron chi connectivity index (χ3n) is 0.631. The highest BCUT2D eigenvalue weighted by atomic mass is 32.2. The van der Waals surface area contributed by atoms with E-state index in [2.05, 4.69) is 0 Å². The topological polar surface area (TPSA) is 9.23 Å². The Labute approximate surface area is 47.3 Å². The smallest absolute Gasteiger partial charge is 0.0978 e. The van der Waals surface area contributed by atoms with E-state index in [1.807, 2.05) is 17.6 Å². The summed E-state index contributed by atoms with van der Waals surface area (Å²) in [6, 6.07) is 0. The van der Waals surface area contributed by atoms with Gasteiger partial charge in [-0.05, 0) is 12.5 Å². The molecule has 0 radical (unpaired) electrons. The van der Waals surface area contributed by atoms with E-state index in [4.69, 9.17) is 4.18 Å². The van der Waals surface area contributed by atoms with Crippen LogP contribution in [0.4, 0.5) is 0 Å². The van der Waals surface area contributed by atoms with Crippen molar-refractivity contribution < 1.29 is 4.18 Å². The molecule has 7 heavy (non-hydrogen) atoms. The minimum atomic E-state index is 0.993. The van der Waals surface area contributed by atoms with Gasteiger partial charge in [0.1, 0.15) is 0 Å². The first kappa shape index (κ1) is 4.78. The van der Waals surface area contributed by atoms with Gasteiger partial charge in [-0.25, -0.2) is 0 Å². The van der Waals surface area contributed by atoms with Crippen molar-refractivity contribution >= 4 is 12.0 Å². The van der Waals surface area contributed by atoms with Crippen molar-refractivity contribution in [2.45, 2.75) is 6.42 Å². The summed E-state index contributed by atoms with van der Waals surface area (Å²) in [4.78, 5) is 0. The summed E-state index contributed by atoms with van der Waals surface area (Å²) in [5.74, 6) is 0. The second-order valence-electron chi connectivity index (χ2n) is 1.17. The molecule has 0 spiro atoms. The molecular weight excluding hydrogens is 108 g/mol. The molecule has 2 heteroatoms. The Morgan fingerprint density at radius 1 is 1.43 bits per heavy atom. The predicted molar refractivity (Wildman–Crippen MR) is 31.6 cm³/mol.